The lowest BCUT2D eigenvalue weighted by atomic mass is 10.2. The van der Waals surface area contributed by atoms with E-state index in [1.54, 1.807) is 12.1 Å². The van der Waals surface area contributed by atoms with Crippen LogP contribution in [0.2, 0.25) is 0 Å². The Kier molecular flexibility index (Phi) is 11.7. The summed E-state index contributed by atoms with van der Waals surface area (Å²) in [6, 6.07) is 6.07. The Hall–Kier alpha value is -1.27. The maximum atomic E-state index is 12.5. The highest BCUT2D eigenvalue weighted by molar-refractivity contribution is 14.0. The van der Waals surface area contributed by atoms with Crippen LogP contribution in [0, 0.1) is 0 Å². The fourth-order valence-corrected chi connectivity index (χ4v) is 3.02. The van der Waals surface area contributed by atoms with Crippen LogP contribution >= 0.6 is 24.0 Å². The fraction of sp³-hybridized carbons (Fsp3) is 0.632. The molecule has 1 saturated heterocycles. The summed E-state index contributed by atoms with van der Waals surface area (Å²) in [4.78, 5) is 9.15. The summed E-state index contributed by atoms with van der Waals surface area (Å²) < 4.78 is 41.7. The monoisotopic (exact) mass is 529 g/mol. The van der Waals surface area contributed by atoms with Crippen LogP contribution in [0.5, 0.6) is 5.75 Å². The van der Waals surface area contributed by atoms with Crippen molar-refractivity contribution in [2.45, 2.75) is 26.3 Å². The Labute approximate surface area is 187 Å². The van der Waals surface area contributed by atoms with Gasteiger partial charge in [-0.05, 0) is 39.5 Å². The van der Waals surface area contributed by atoms with E-state index in [4.69, 9.17) is 0 Å². The van der Waals surface area contributed by atoms with Crippen LogP contribution in [0.1, 0.15) is 18.9 Å². The number of guanidine groups is 1. The first kappa shape index (κ1) is 25.8. The summed E-state index contributed by atoms with van der Waals surface area (Å²) >= 11 is 0. The van der Waals surface area contributed by atoms with Gasteiger partial charge in [-0.3, -0.25) is 0 Å². The molecule has 0 spiro atoms. The predicted molar refractivity (Wildman–Crippen MR) is 120 cm³/mol. The van der Waals surface area contributed by atoms with Crippen LogP contribution in [-0.2, 0) is 6.54 Å². The first-order valence-electron chi connectivity index (χ1n) is 9.64. The maximum absolute atomic E-state index is 12.5. The molecule has 1 aliphatic heterocycles. The zero-order valence-electron chi connectivity index (χ0n) is 17.0. The molecule has 1 aromatic carbocycles. The molecule has 1 aromatic rings. The standard InChI is InChI=1S/C19H30F3N5O.HI/c1-3-23-18(24-9-12-27-11-6-10-26(2)13-14-27)25-15-16-7-4-5-8-17(16)28-19(20,21)22;/h4-5,7-8H,3,6,9-15H2,1-2H3,(H2,23,24,25);1H. The quantitative estimate of drug-likeness (QED) is 0.324. The molecule has 0 unspecified atom stereocenters. The molecule has 2 N–H and O–H groups in total. The summed E-state index contributed by atoms with van der Waals surface area (Å²) in [5.41, 5.74) is 0.382. The van der Waals surface area contributed by atoms with E-state index in [9.17, 15) is 13.2 Å². The van der Waals surface area contributed by atoms with Crippen LogP contribution in [0.25, 0.3) is 0 Å². The van der Waals surface area contributed by atoms with Crippen LogP contribution in [0.15, 0.2) is 29.3 Å². The Bertz CT molecular complexity index is 630. The van der Waals surface area contributed by atoms with Crippen LogP contribution < -0.4 is 15.4 Å². The second kappa shape index (κ2) is 13.1. The lowest BCUT2D eigenvalue weighted by Crippen LogP contribution is -2.42. The van der Waals surface area contributed by atoms with Gasteiger partial charge in [0.25, 0.3) is 0 Å². The number of benzene rings is 1. The number of hydrogen-bond acceptors (Lipinski definition) is 4. The molecule has 2 rings (SSSR count). The first-order chi connectivity index (χ1) is 13.4. The van der Waals surface area contributed by atoms with Crippen LogP contribution in [0.4, 0.5) is 13.2 Å². The van der Waals surface area contributed by atoms with Gasteiger partial charge in [-0.2, -0.15) is 0 Å². The second-order valence-electron chi connectivity index (χ2n) is 6.78. The minimum Gasteiger partial charge on any atom is -0.405 e. The second-order valence-corrected chi connectivity index (χ2v) is 6.78. The van der Waals surface area contributed by atoms with Gasteiger partial charge in [-0.1, -0.05) is 18.2 Å². The van der Waals surface area contributed by atoms with Crippen molar-refractivity contribution in [3.63, 3.8) is 0 Å². The smallest absolute Gasteiger partial charge is 0.405 e. The van der Waals surface area contributed by atoms with E-state index >= 15 is 0 Å². The van der Waals surface area contributed by atoms with Crippen LogP contribution in [-0.4, -0.2) is 75.0 Å². The number of halogens is 4. The van der Waals surface area contributed by atoms with E-state index in [2.05, 4.69) is 37.2 Å². The lowest BCUT2D eigenvalue weighted by molar-refractivity contribution is -0.274. The number of aliphatic imine (C=N–C) groups is 1. The van der Waals surface area contributed by atoms with Crippen molar-refractivity contribution in [3.8, 4) is 5.75 Å². The molecule has 0 bridgehead atoms. The average Bonchev–Trinajstić information content (AvgIpc) is 2.84. The van der Waals surface area contributed by atoms with Crippen LogP contribution in [0.3, 0.4) is 0 Å². The highest BCUT2D eigenvalue weighted by atomic mass is 127. The molecule has 166 valence electrons. The Morgan fingerprint density at radius 2 is 1.90 bits per heavy atom. The number of alkyl halides is 3. The van der Waals surface area contributed by atoms with Crippen molar-refractivity contribution in [1.29, 1.82) is 0 Å². The van der Waals surface area contributed by atoms with E-state index in [0.29, 0.717) is 18.1 Å². The fourth-order valence-electron chi connectivity index (χ4n) is 3.02. The van der Waals surface area contributed by atoms with Gasteiger partial charge in [0.2, 0.25) is 0 Å². The summed E-state index contributed by atoms with van der Waals surface area (Å²) in [5.74, 6) is 0.361. The molecule has 0 amide bonds. The van der Waals surface area contributed by atoms with Gasteiger partial charge >= 0.3 is 6.36 Å². The maximum Gasteiger partial charge on any atom is 0.573 e. The van der Waals surface area contributed by atoms with Crippen molar-refractivity contribution in [1.82, 2.24) is 20.4 Å². The van der Waals surface area contributed by atoms with Crippen molar-refractivity contribution in [2.75, 3.05) is 52.9 Å². The SMILES string of the molecule is CCNC(=NCc1ccccc1OC(F)(F)F)NCCN1CCCN(C)CC1.I. The van der Waals surface area contributed by atoms with Gasteiger partial charge in [-0.25, -0.2) is 4.99 Å². The number of likely N-dealkylation sites (N-methyl/N-ethyl adjacent to an activating group) is 1. The van der Waals surface area contributed by atoms with E-state index in [1.165, 1.54) is 12.1 Å². The molecule has 0 saturated carbocycles. The number of para-hydroxylation sites is 1. The molecule has 0 atom stereocenters. The van der Waals surface area contributed by atoms with E-state index < -0.39 is 6.36 Å². The summed E-state index contributed by atoms with van der Waals surface area (Å²) in [7, 11) is 2.14. The molecule has 1 aliphatic rings. The first-order valence-corrected chi connectivity index (χ1v) is 9.64. The largest absolute Gasteiger partial charge is 0.573 e. The van der Waals surface area contributed by atoms with Crippen molar-refractivity contribution in [3.05, 3.63) is 29.8 Å². The zero-order chi connectivity index (χ0) is 20.4. The number of ether oxygens (including phenoxy) is 1. The molecule has 6 nitrogen and oxygen atoms in total. The zero-order valence-corrected chi connectivity index (χ0v) is 19.3. The van der Waals surface area contributed by atoms with E-state index in [0.717, 1.165) is 45.7 Å². The molecule has 10 heteroatoms. The minimum atomic E-state index is -4.72. The summed E-state index contributed by atoms with van der Waals surface area (Å²) in [6.45, 7) is 8.61. The molecule has 0 aromatic heterocycles. The predicted octanol–water partition coefficient (Wildman–Crippen LogP) is 2.90. The highest BCUT2D eigenvalue weighted by Crippen LogP contribution is 2.26. The molecule has 0 radical (unpaired) electrons. The highest BCUT2D eigenvalue weighted by Gasteiger charge is 2.31. The lowest BCUT2D eigenvalue weighted by Gasteiger charge is -2.21. The third kappa shape index (κ3) is 10.4. The third-order valence-electron chi connectivity index (χ3n) is 4.48. The van der Waals surface area contributed by atoms with E-state index in [-0.39, 0.29) is 36.3 Å². The normalized spacial score (nSPS) is 16.7. The topological polar surface area (TPSA) is 52.1 Å². The van der Waals surface area contributed by atoms with Gasteiger partial charge < -0.3 is 25.2 Å². The number of nitrogens with one attached hydrogen (secondary N) is 2. The Morgan fingerprint density at radius 1 is 1.14 bits per heavy atom. The molecule has 1 heterocycles. The van der Waals surface area contributed by atoms with Gasteiger partial charge in [-0.15, -0.1) is 37.1 Å². The van der Waals surface area contributed by atoms with E-state index in [1.807, 2.05) is 6.92 Å². The molecular formula is C19H31F3IN5O. The van der Waals surface area contributed by atoms with Gasteiger partial charge in [0.05, 0.1) is 6.54 Å². The summed E-state index contributed by atoms with van der Waals surface area (Å²) in [6.07, 6.45) is -3.57. The molecular weight excluding hydrogens is 498 g/mol. The summed E-state index contributed by atoms with van der Waals surface area (Å²) in [5, 5.41) is 6.38. The van der Waals surface area contributed by atoms with Gasteiger partial charge in [0, 0.05) is 38.3 Å². The van der Waals surface area contributed by atoms with Gasteiger partial charge in [0.15, 0.2) is 5.96 Å². The Morgan fingerprint density at radius 3 is 2.62 bits per heavy atom. The third-order valence-corrected chi connectivity index (χ3v) is 4.48. The van der Waals surface area contributed by atoms with Crippen molar-refractivity contribution >= 4 is 29.9 Å². The number of hydrogen-bond donors (Lipinski definition) is 2. The van der Waals surface area contributed by atoms with Crippen molar-refractivity contribution in [2.24, 2.45) is 4.99 Å². The number of rotatable bonds is 7. The number of nitrogens with zero attached hydrogens (tertiary/aromatic N) is 3. The average molecular weight is 529 g/mol. The Balaban J connectivity index is 0.00000420. The van der Waals surface area contributed by atoms with Gasteiger partial charge in [0.1, 0.15) is 5.75 Å². The molecule has 1 fully saturated rings. The molecule has 0 aliphatic carbocycles. The minimum absolute atomic E-state index is 0. The molecule has 29 heavy (non-hydrogen) atoms. The van der Waals surface area contributed by atoms with Crippen molar-refractivity contribution < 1.29 is 17.9 Å².